The van der Waals surface area contributed by atoms with Gasteiger partial charge in [-0.05, 0) is 55.9 Å². The van der Waals surface area contributed by atoms with Crippen molar-refractivity contribution in [1.82, 2.24) is 19.7 Å². The highest BCUT2D eigenvalue weighted by atomic mass is 32.2. The Balaban J connectivity index is 2.39. The Hall–Kier alpha value is -1.73. The van der Waals surface area contributed by atoms with Crippen LogP contribution in [0.4, 0.5) is 0 Å². The molecule has 1 N–H and O–H groups in total. The van der Waals surface area contributed by atoms with Crippen molar-refractivity contribution in [2.45, 2.75) is 59.0 Å². The number of hydrogen-bond acceptors (Lipinski definition) is 4. The van der Waals surface area contributed by atoms with E-state index in [9.17, 15) is 8.42 Å². The van der Waals surface area contributed by atoms with E-state index in [1.807, 2.05) is 47.6 Å². The Bertz CT molecular complexity index is 785. The summed E-state index contributed by atoms with van der Waals surface area (Å²) in [5.41, 5.74) is 3.56. The number of nitrogens with one attached hydrogen (secondary N) is 1. The molecule has 6 nitrogen and oxygen atoms in total. The molecule has 1 aromatic heterocycles. The average Bonchev–Trinajstić information content (AvgIpc) is 2.97. The molecule has 0 bridgehead atoms. The highest BCUT2D eigenvalue weighted by Gasteiger charge is 2.27. The molecule has 0 aliphatic carbocycles. The normalized spacial score (nSPS) is 13.5. The van der Waals surface area contributed by atoms with E-state index in [4.69, 9.17) is 0 Å². The molecule has 0 radical (unpaired) electrons. The third kappa shape index (κ3) is 3.84. The lowest BCUT2D eigenvalue weighted by atomic mass is 10.0. The van der Waals surface area contributed by atoms with Gasteiger partial charge >= 0.3 is 0 Å². The minimum absolute atomic E-state index is 0.121. The van der Waals surface area contributed by atoms with Crippen LogP contribution in [-0.2, 0) is 16.6 Å². The second-order valence-electron chi connectivity index (χ2n) is 6.69. The summed E-state index contributed by atoms with van der Waals surface area (Å²) < 4.78 is 30.6. The van der Waals surface area contributed by atoms with Gasteiger partial charge in [-0.2, -0.15) is 0 Å². The van der Waals surface area contributed by atoms with Crippen LogP contribution >= 0.6 is 0 Å². The molecule has 0 unspecified atom stereocenters. The molecule has 132 valence electrons. The molecule has 0 amide bonds. The maximum Gasteiger partial charge on any atom is 0.241 e. The predicted octanol–water partition coefficient (Wildman–Crippen LogP) is 2.51. The largest absolute Gasteiger partial charge is 0.251 e. The van der Waals surface area contributed by atoms with Gasteiger partial charge in [0.25, 0.3) is 0 Å². The fourth-order valence-corrected chi connectivity index (χ4v) is 4.75. The third-order valence-electron chi connectivity index (χ3n) is 4.53. The van der Waals surface area contributed by atoms with Crippen molar-refractivity contribution in [1.29, 1.82) is 0 Å². The van der Waals surface area contributed by atoms with E-state index in [1.165, 1.54) is 0 Å². The van der Waals surface area contributed by atoms with Crippen LogP contribution in [0.5, 0.6) is 0 Å². The smallest absolute Gasteiger partial charge is 0.241 e. The van der Waals surface area contributed by atoms with Gasteiger partial charge in [-0.25, -0.2) is 13.1 Å². The van der Waals surface area contributed by atoms with Crippen molar-refractivity contribution in [3.8, 4) is 0 Å². The Labute approximate surface area is 144 Å². The van der Waals surface area contributed by atoms with Crippen molar-refractivity contribution >= 4 is 10.0 Å². The van der Waals surface area contributed by atoms with E-state index in [0.29, 0.717) is 11.4 Å². The molecule has 7 heteroatoms. The topological polar surface area (TPSA) is 76.9 Å². The van der Waals surface area contributed by atoms with Gasteiger partial charge in [0.05, 0.1) is 17.6 Å². The van der Waals surface area contributed by atoms with Crippen LogP contribution in [0.2, 0.25) is 0 Å². The molecule has 0 aliphatic rings. The van der Waals surface area contributed by atoms with Crippen molar-refractivity contribution < 1.29 is 8.42 Å². The van der Waals surface area contributed by atoms with Crippen LogP contribution < -0.4 is 4.72 Å². The molecule has 1 atom stereocenters. The van der Waals surface area contributed by atoms with Crippen molar-refractivity contribution in [2.24, 2.45) is 5.92 Å². The second kappa shape index (κ2) is 7.03. The first-order valence-electron chi connectivity index (χ1n) is 8.07. The van der Waals surface area contributed by atoms with Crippen molar-refractivity contribution in [2.75, 3.05) is 0 Å². The van der Waals surface area contributed by atoms with Crippen LogP contribution in [0.3, 0.4) is 0 Å². The first-order valence-corrected chi connectivity index (χ1v) is 9.55. The summed E-state index contributed by atoms with van der Waals surface area (Å²) in [7, 11) is -3.63. The van der Waals surface area contributed by atoms with Gasteiger partial charge in [-0.1, -0.05) is 25.1 Å². The quantitative estimate of drug-likeness (QED) is 0.868. The van der Waals surface area contributed by atoms with Crippen molar-refractivity contribution in [3.05, 3.63) is 40.7 Å². The zero-order chi connectivity index (χ0) is 18.1. The zero-order valence-corrected chi connectivity index (χ0v) is 16.0. The van der Waals surface area contributed by atoms with Gasteiger partial charge in [0.2, 0.25) is 10.0 Å². The van der Waals surface area contributed by atoms with E-state index in [0.717, 1.165) is 22.3 Å². The summed E-state index contributed by atoms with van der Waals surface area (Å²) in [5, 5.41) is 7.71. The van der Waals surface area contributed by atoms with E-state index in [1.54, 1.807) is 17.1 Å². The zero-order valence-electron chi connectivity index (χ0n) is 15.2. The van der Waals surface area contributed by atoms with Gasteiger partial charge < -0.3 is 0 Å². The number of aromatic nitrogens is 3. The van der Waals surface area contributed by atoms with Crippen LogP contribution in [0.25, 0.3) is 0 Å². The lowest BCUT2D eigenvalue weighted by molar-refractivity contribution is 0.378. The number of aryl methyl sites for hydroxylation is 2. The van der Waals surface area contributed by atoms with Crippen LogP contribution in [0, 0.1) is 33.6 Å². The molecule has 2 aromatic rings. The first kappa shape index (κ1) is 18.6. The summed E-state index contributed by atoms with van der Waals surface area (Å²) in [6, 6.07) is 1.76. The lowest BCUT2D eigenvalue weighted by Gasteiger charge is -2.24. The monoisotopic (exact) mass is 350 g/mol. The highest BCUT2D eigenvalue weighted by Crippen LogP contribution is 2.26. The predicted molar refractivity (Wildman–Crippen MR) is 94.4 cm³/mol. The van der Waals surface area contributed by atoms with E-state index < -0.39 is 10.0 Å². The van der Waals surface area contributed by atoms with Crippen LogP contribution in [0.1, 0.15) is 36.1 Å². The van der Waals surface area contributed by atoms with Crippen LogP contribution in [-0.4, -0.2) is 29.5 Å². The maximum atomic E-state index is 13.1. The van der Waals surface area contributed by atoms with Gasteiger partial charge in [0.15, 0.2) is 0 Å². The van der Waals surface area contributed by atoms with Crippen LogP contribution in [0.15, 0.2) is 23.4 Å². The molecular weight excluding hydrogens is 324 g/mol. The molecule has 1 heterocycles. The molecular formula is C17H26N4O2S. The fraction of sp³-hybridized carbons (Fsp3) is 0.529. The van der Waals surface area contributed by atoms with E-state index >= 15 is 0 Å². The Morgan fingerprint density at radius 2 is 1.71 bits per heavy atom. The summed E-state index contributed by atoms with van der Waals surface area (Å²) in [6.45, 7) is 12.0. The summed E-state index contributed by atoms with van der Waals surface area (Å²) in [4.78, 5) is 0.393. The fourth-order valence-electron chi connectivity index (χ4n) is 2.76. The average molecular weight is 350 g/mol. The molecule has 0 fully saturated rings. The van der Waals surface area contributed by atoms with E-state index in [2.05, 4.69) is 15.0 Å². The first-order chi connectivity index (χ1) is 11.1. The SMILES string of the molecule is Cc1cc(C)c(C)c(S(=O)(=O)N[C@@H](Cn2ccnn2)C(C)C)c1C. The van der Waals surface area contributed by atoms with Gasteiger partial charge in [0, 0.05) is 12.2 Å². The molecule has 2 rings (SSSR count). The van der Waals surface area contributed by atoms with Crippen molar-refractivity contribution in [3.63, 3.8) is 0 Å². The number of hydrogen-bond donors (Lipinski definition) is 1. The Morgan fingerprint density at radius 3 is 2.17 bits per heavy atom. The summed E-state index contributed by atoms with van der Waals surface area (Å²) in [6.07, 6.45) is 3.32. The van der Waals surface area contributed by atoms with Gasteiger partial charge in [-0.3, -0.25) is 4.68 Å². The molecule has 1 aromatic carbocycles. The lowest BCUT2D eigenvalue weighted by Crippen LogP contribution is -2.42. The summed E-state index contributed by atoms with van der Waals surface area (Å²) in [5.74, 6) is 0.121. The van der Waals surface area contributed by atoms with Gasteiger partial charge in [-0.15, -0.1) is 5.10 Å². The molecule has 0 saturated heterocycles. The van der Waals surface area contributed by atoms with E-state index in [-0.39, 0.29) is 12.0 Å². The number of nitrogens with zero attached hydrogens (tertiary/aromatic N) is 3. The Morgan fingerprint density at radius 1 is 1.12 bits per heavy atom. The molecule has 0 spiro atoms. The summed E-state index contributed by atoms with van der Waals surface area (Å²) >= 11 is 0. The number of rotatable bonds is 6. The number of benzene rings is 1. The standard InChI is InChI=1S/C17H26N4O2S/c1-11(2)16(10-21-8-7-18-20-21)19-24(22,23)17-14(5)12(3)9-13(4)15(17)6/h7-9,11,16,19H,10H2,1-6H3/t16-/m0/s1. The minimum Gasteiger partial charge on any atom is -0.251 e. The highest BCUT2D eigenvalue weighted by molar-refractivity contribution is 7.89. The maximum absolute atomic E-state index is 13.1. The molecule has 24 heavy (non-hydrogen) atoms. The minimum atomic E-state index is -3.63. The third-order valence-corrected chi connectivity index (χ3v) is 6.30. The number of sulfonamides is 1. The second-order valence-corrected chi connectivity index (χ2v) is 8.34. The van der Waals surface area contributed by atoms with Gasteiger partial charge in [0.1, 0.15) is 0 Å². The Kier molecular flexibility index (Phi) is 5.45. The molecule has 0 saturated carbocycles. The molecule has 0 aliphatic heterocycles.